The van der Waals surface area contributed by atoms with Gasteiger partial charge in [0.15, 0.2) is 9.84 Å². The number of hydrogen-bond acceptors (Lipinski definition) is 4. The highest BCUT2D eigenvalue weighted by molar-refractivity contribution is 7.92. The molecule has 5 nitrogen and oxygen atoms in total. The molecular weight excluding hydrogens is 355 g/mol. The minimum Gasteiger partial charge on any atom is -0.351 e. The monoisotopic (exact) mass is 378 g/mol. The third-order valence-electron chi connectivity index (χ3n) is 4.03. The van der Waals surface area contributed by atoms with Gasteiger partial charge < -0.3 is 10.2 Å². The van der Waals surface area contributed by atoms with Crippen molar-refractivity contribution in [3.05, 3.63) is 65.5 Å². The molecule has 2 rings (SSSR count). The molecule has 0 fully saturated rings. The first kappa shape index (κ1) is 20.1. The normalized spacial score (nSPS) is 12.8. The van der Waals surface area contributed by atoms with Crippen molar-refractivity contribution in [2.24, 2.45) is 0 Å². The van der Waals surface area contributed by atoms with Crippen molar-refractivity contribution in [2.75, 3.05) is 14.1 Å². The highest BCUT2D eigenvalue weighted by Crippen LogP contribution is 2.17. The van der Waals surface area contributed by atoms with E-state index in [0.29, 0.717) is 0 Å². The molecule has 2 aromatic carbocycles. The first-order chi connectivity index (χ1) is 12.2. The Kier molecular flexibility index (Phi) is 6.50. The summed E-state index contributed by atoms with van der Waals surface area (Å²) < 4.78 is 38.0. The zero-order valence-electron chi connectivity index (χ0n) is 15.1. The number of halogens is 1. The minimum atomic E-state index is -3.88. The van der Waals surface area contributed by atoms with Gasteiger partial charge in [0.2, 0.25) is 5.91 Å². The summed E-state index contributed by atoms with van der Waals surface area (Å²) in [5, 5.41) is 1.42. The lowest BCUT2D eigenvalue weighted by Crippen LogP contribution is -2.37. The molecule has 0 unspecified atom stereocenters. The van der Waals surface area contributed by atoms with E-state index in [1.807, 2.05) is 43.3 Å². The molecule has 0 aliphatic carbocycles. The van der Waals surface area contributed by atoms with E-state index in [1.165, 1.54) is 19.1 Å². The predicted molar refractivity (Wildman–Crippen MR) is 98.7 cm³/mol. The Morgan fingerprint density at radius 3 is 2.23 bits per heavy atom. The van der Waals surface area contributed by atoms with Crippen molar-refractivity contribution in [1.82, 2.24) is 10.2 Å². The van der Waals surface area contributed by atoms with Gasteiger partial charge in [-0.3, -0.25) is 4.79 Å². The van der Waals surface area contributed by atoms with Crippen LogP contribution < -0.4 is 5.32 Å². The molecule has 0 saturated carbocycles. The number of benzene rings is 2. The first-order valence-corrected chi connectivity index (χ1v) is 9.75. The molecular formula is C19H23FN2O3S. The lowest BCUT2D eigenvalue weighted by atomic mass is 10.1. The highest BCUT2D eigenvalue weighted by atomic mass is 32.2. The fourth-order valence-corrected chi connectivity index (χ4v) is 3.81. The SMILES string of the molecule is C[C@@H](C(=O)NCc1ccccc1CN(C)C)S(=O)(=O)c1ccc(F)cc1. The number of sulfone groups is 1. The van der Waals surface area contributed by atoms with E-state index in [1.54, 1.807) is 0 Å². The smallest absolute Gasteiger partial charge is 0.238 e. The van der Waals surface area contributed by atoms with Gasteiger partial charge in [-0.2, -0.15) is 0 Å². The van der Waals surface area contributed by atoms with Gasteiger partial charge in [-0.1, -0.05) is 24.3 Å². The molecule has 0 radical (unpaired) electrons. The Hall–Kier alpha value is -2.25. The number of carbonyl (C=O) groups is 1. The van der Waals surface area contributed by atoms with Crippen molar-refractivity contribution < 1.29 is 17.6 Å². The second-order valence-corrected chi connectivity index (χ2v) is 8.63. The van der Waals surface area contributed by atoms with Crippen LogP contribution in [0.2, 0.25) is 0 Å². The topological polar surface area (TPSA) is 66.5 Å². The van der Waals surface area contributed by atoms with Crippen molar-refractivity contribution in [2.45, 2.75) is 30.2 Å². The fraction of sp³-hybridized carbons (Fsp3) is 0.316. The molecule has 0 bridgehead atoms. The van der Waals surface area contributed by atoms with Crippen LogP contribution in [0.25, 0.3) is 0 Å². The van der Waals surface area contributed by atoms with E-state index >= 15 is 0 Å². The number of rotatable bonds is 7. The molecule has 1 atom stereocenters. The Morgan fingerprint density at radius 2 is 1.65 bits per heavy atom. The van der Waals surface area contributed by atoms with Crippen molar-refractivity contribution in [3.63, 3.8) is 0 Å². The third-order valence-corrected chi connectivity index (χ3v) is 6.11. The molecule has 0 spiro atoms. The van der Waals surface area contributed by atoms with Crippen LogP contribution in [0.4, 0.5) is 4.39 Å². The summed E-state index contributed by atoms with van der Waals surface area (Å²) in [6, 6.07) is 12.1. The van der Waals surface area contributed by atoms with E-state index in [-0.39, 0.29) is 11.4 Å². The van der Waals surface area contributed by atoms with E-state index in [0.717, 1.165) is 29.8 Å². The van der Waals surface area contributed by atoms with Crippen LogP contribution in [0, 0.1) is 5.82 Å². The minimum absolute atomic E-state index is 0.0745. The maximum Gasteiger partial charge on any atom is 0.238 e. The van der Waals surface area contributed by atoms with E-state index in [9.17, 15) is 17.6 Å². The molecule has 2 aromatic rings. The Morgan fingerprint density at radius 1 is 1.08 bits per heavy atom. The predicted octanol–water partition coefficient (Wildman–Crippen LogP) is 2.37. The zero-order valence-corrected chi connectivity index (χ0v) is 15.9. The van der Waals surface area contributed by atoms with Crippen LogP contribution in [-0.4, -0.2) is 38.6 Å². The lowest BCUT2D eigenvalue weighted by molar-refractivity contribution is -0.120. The van der Waals surface area contributed by atoms with Gasteiger partial charge in [-0.15, -0.1) is 0 Å². The summed E-state index contributed by atoms with van der Waals surface area (Å²) in [4.78, 5) is 14.3. The molecule has 1 amide bonds. The second kappa shape index (κ2) is 8.42. The summed E-state index contributed by atoms with van der Waals surface area (Å²) in [7, 11) is 0.0268. The number of hydrogen-bond donors (Lipinski definition) is 1. The molecule has 0 aliphatic rings. The van der Waals surface area contributed by atoms with Crippen molar-refractivity contribution in [1.29, 1.82) is 0 Å². The van der Waals surface area contributed by atoms with Gasteiger partial charge >= 0.3 is 0 Å². The first-order valence-electron chi connectivity index (χ1n) is 8.20. The van der Waals surface area contributed by atoms with E-state index in [4.69, 9.17) is 0 Å². The van der Waals surface area contributed by atoms with E-state index < -0.39 is 26.8 Å². The Balaban J connectivity index is 2.09. The molecule has 26 heavy (non-hydrogen) atoms. The maximum absolute atomic E-state index is 13.0. The molecule has 0 aliphatic heterocycles. The zero-order chi connectivity index (χ0) is 19.3. The summed E-state index contributed by atoms with van der Waals surface area (Å²) >= 11 is 0. The van der Waals surface area contributed by atoms with Gasteiger partial charge in [0.1, 0.15) is 11.1 Å². The molecule has 0 aromatic heterocycles. The highest BCUT2D eigenvalue weighted by Gasteiger charge is 2.29. The fourth-order valence-electron chi connectivity index (χ4n) is 2.52. The van der Waals surface area contributed by atoms with Crippen LogP contribution in [0.5, 0.6) is 0 Å². The van der Waals surface area contributed by atoms with Crippen LogP contribution >= 0.6 is 0 Å². The second-order valence-electron chi connectivity index (χ2n) is 6.37. The van der Waals surface area contributed by atoms with Crippen molar-refractivity contribution >= 4 is 15.7 Å². The Labute approximate surface area is 153 Å². The van der Waals surface area contributed by atoms with Gasteiger partial charge in [-0.25, -0.2) is 12.8 Å². The average molecular weight is 378 g/mol. The van der Waals surface area contributed by atoms with Crippen LogP contribution in [0.1, 0.15) is 18.1 Å². The molecule has 0 saturated heterocycles. The van der Waals surface area contributed by atoms with Gasteiger partial charge in [0, 0.05) is 13.1 Å². The van der Waals surface area contributed by atoms with Gasteiger partial charge in [-0.05, 0) is 56.4 Å². The van der Waals surface area contributed by atoms with E-state index in [2.05, 4.69) is 5.32 Å². The molecule has 7 heteroatoms. The number of nitrogens with zero attached hydrogens (tertiary/aromatic N) is 1. The summed E-state index contributed by atoms with van der Waals surface area (Å²) in [6.07, 6.45) is 0. The van der Waals surface area contributed by atoms with Crippen molar-refractivity contribution in [3.8, 4) is 0 Å². The third kappa shape index (κ3) is 4.89. The summed E-state index contributed by atoms with van der Waals surface area (Å²) in [5.74, 6) is -1.12. The maximum atomic E-state index is 13.0. The quantitative estimate of drug-likeness (QED) is 0.751. The summed E-state index contributed by atoms with van der Waals surface area (Å²) in [5.41, 5.74) is 1.99. The van der Waals surface area contributed by atoms with Crippen LogP contribution in [0.3, 0.4) is 0 Å². The summed E-state index contributed by atoms with van der Waals surface area (Å²) in [6.45, 7) is 2.29. The standard InChI is InChI=1S/C19H23FN2O3S/c1-14(26(24,25)18-10-8-17(20)9-11-18)19(23)21-12-15-6-4-5-7-16(15)13-22(2)3/h4-11,14H,12-13H2,1-3H3,(H,21,23)/t14-/m0/s1. The Bertz CT molecular complexity index is 865. The molecule has 140 valence electrons. The number of carbonyl (C=O) groups excluding carboxylic acids is 1. The largest absolute Gasteiger partial charge is 0.351 e. The number of amides is 1. The van der Waals surface area contributed by atoms with Gasteiger partial charge in [0.05, 0.1) is 4.90 Å². The van der Waals surface area contributed by atoms with Crippen LogP contribution in [0.15, 0.2) is 53.4 Å². The molecule has 0 heterocycles. The van der Waals surface area contributed by atoms with Gasteiger partial charge in [0.25, 0.3) is 0 Å². The van der Waals surface area contributed by atoms with Crippen LogP contribution in [-0.2, 0) is 27.7 Å². The lowest BCUT2D eigenvalue weighted by Gasteiger charge is -2.16. The average Bonchev–Trinajstić information content (AvgIpc) is 2.60. The molecule has 1 N–H and O–H groups in total. The number of nitrogens with one attached hydrogen (secondary N) is 1.